The summed E-state index contributed by atoms with van der Waals surface area (Å²) in [6.45, 7) is 7.62. The fraction of sp³-hybridized carbons (Fsp3) is 0.923. The van der Waals surface area contributed by atoms with Gasteiger partial charge in [-0.05, 0) is 32.4 Å². The molecule has 0 spiro atoms. The number of morpholine rings is 1. The Balaban J connectivity index is 1.46. The first-order chi connectivity index (χ1) is 8.86. The maximum Gasteiger partial charge on any atom is 0.224 e. The van der Waals surface area contributed by atoms with Gasteiger partial charge in [-0.3, -0.25) is 9.69 Å². The number of hydrogen-bond acceptors (Lipinski definition) is 4. The molecule has 2 N–H and O–H groups in total. The van der Waals surface area contributed by atoms with Crippen LogP contribution in [0.5, 0.6) is 0 Å². The van der Waals surface area contributed by atoms with Crippen LogP contribution in [-0.4, -0.2) is 63.3 Å². The second kappa shape index (κ2) is 7.71. The zero-order valence-electron chi connectivity index (χ0n) is 11.1. The molecule has 0 bridgehead atoms. The van der Waals surface area contributed by atoms with Crippen molar-refractivity contribution in [1.82, 2.24) is 15.5 Å². The summed E-state index contributed by atoms with van der Waals surface area (Å²) in [5.74, 6) is 0.426. The predicted molar refractivity (Wildman–Crippen MR) is 70.5 cm³/mol. The normalized spacial score (nSPS) is 25.2. The topological polar surface area (TPSA) is 53.6 Å². The minimum Gasteiger partial charge on any atom is -0.379 e. The molecule has 0 saturated carbocycles. The van der Waals surface area contributed by atoms with Crippen LogP contribution in [0.4, 0.5) is 0 Å². The van der Waals surface area contributed by atoms with Crippen molar-refractivity contribution in [2.24, 2.45) is 5.92 Å². The molecular weight excluding hydrogens is 230 g/mol. The summed E-state index contributed by atoms with van der Waals surface area (Å²) in [6.07, 6.45) is 3.21. The predicted octanol–water partition coefficient (Wildman–Crippen LogP) is -0.175. The molecule has 0 aromatic rings. The van der Waals surface area contributed by atoms with E-state index >= 15 is 0 Å². The van der Waals surface area contributed by atoms with Crippen molar-refractivity contribution in [2.45, 2.75) is 19.3 Å². The van der Waals surface area contributed by atoms with Gasteiger partial charge in [0.1, 0.15) is 0 Å². The summed E-state index contributed by atoms with van der Waals surface area (Å²) in [6, 6.07) is 0. The second-order valence-electron chi connectivity index (χ2n) is 5.14. The van der Waals surface area contributed by atoms with E-state index in [1.807, 2.05) is 0 Å². The molecule has 2 saturated heterocycles. The molecule has 0 aromatic heterocycles. The van der Waals surface area contributed by atoms with Crippen molar-refractivity contribution in [1.29, 1.82) is 0 Å². The third-order valence-corrected chi connectivity index (χ3v) is 3.74. The summed E-state index contributed by atoms with van der Waals surface area (Å²) >= 11 is 0. The monoisotopic (exact) mass is 255 g/mol. The first kappa shape index (κ1) is 13.8. The van der Waals surface area contributed by atoms with Gasteiger partial charge in [-0.2, -0.15) is 0 Å². The lowest BCUT2D eigenvalue weighted by Crippen LogP contribution is -2.37. The highest BCUT2D eigenvalue weighted by Crippen LogP contribution is 2.07. The van der Waals surface area contributed by atoms with E-state index in [9.17, 15) is 4.79 Å². The fourth-order valence-corrected chi connectivity index (χ4v) is 2.52. The number of rotatable bonds is 6. The SMILES string of the molecule is O=C(NCCCCN1CCOCC1)C1CCNC1. The van der Waals surface area contributed by atoms with Crippen LogP contribution in [0, 0.1) is 5.92 Å². The Bertz CT molecular complexity index is 249. The molecule has 5 nitrogen and oxygen atoms in total. The quantitative estimate of drug-likeness (QED) is 0.647. The number of nitrogens with zero attached hydrogens (tertiary/aromatic N) is 1. The Morgan fingerprint density at radius 2 is 2.17 bits per heavy atom. The fourth-order valence-electron chi connectivity index (χ4n) is 2.52. The average Bonchev–Trinajstić information content (AvgIpc) is 2.93. The summed E-state index contributed by atoms with van der Waals surface area (Å²) < 4.78 is 5.31. The zero-order valence-corrected chi connectivity index (χ0v) is 11.1. The van der Waals surface area contributed by atoms with Crippen LogP contribution in [0.15, 0.2) is 0 Å². The van der Waals surface area contributed by atoms with Crippen molar-refractivity contribution in [2.75, 3.05) is 52.5 Å². The van der Waals surface area contributed by atoms with Crippen LogP contribution >= 0.6 is 0 Å². The van der Waals surface area contributed by atoms with E-state index in [4.69, 9.17) is 4.74 Å². The molecule has 2 aliphatic heterocycles. The van der Waals surface area contributed by atoms with Gasteiger partial charge in [-0.1, -0.05) is 0 Å². The Hall–Kier alpha value is -0.650. The summed E-state index contributed by atoms with van der Waals surface area (Å²) in [5.41, 5.74) is 0. The lowest BCUT2D eigenvalue weighted by molar-refractivity contribution is -0.124. The van der Waals surface area contributed by atoms with Crippen LogP contribution in [0.25, 0.3) is 0 Å². The molecule has 0 aromatic carbocycles. The van der Waals surface area contributed by atoms with Crippen molar-refractivity contribution >= 4 is 5.91 Å². The molecule has 0 aliphatic carbocycles. The highest BCUT2D eigenvalue weighted by molar-refractivity contribution is 5.79. The first-order valence-corrected chi connectivity index (χ1v) is 7.15. The van der Waals surface area contributed by atoms with Gasteiger partial charge in [-0.15, -0.1) is 0 Å². The number of carbonyl (C=O) groups is 1. The van der Waals surface area contributed by atoms with Crippen molar-refractivity contribution in [3.8, 4) is 0 Å². The van der Waals surface area contributed by atoms with Gasteiger partial charge >= 0.3 is 0 Å². The third kappa shape index (κ3) is 4.55. The number of unbranched alkanes of at least 4 members (excludes halogenated alkanes) is 1. The molecule has 0 radical (unpaired) electrons. The van der Waals surface area contributed by atoms with E-state index in [2.05, 4.69) is 15.5 Å². The van der Waals surface area contributed by atoms with Gasteiger partial charge in [0, 0.05) is 26.2 Å². The third-order valence-electron chi connectivity index (χ3n) is 3.74. The van der Waals surface area contributed by atoms with Gasteiger partial charge in [0.15, 0.2) is 0 Å². The van der Waals surface area contributed by atoms with Gasteiger partial charge in [0.2, 0.25) is 5.91 Å². The van der Waals surface area contributed by atoms with E-state index in [0.717, 1.165) is 71.7 Å². The average molecular weight is 255 g/mol. The lowest BCUT2D eigenvalue weighted by Gasteiger charge is -2.26. The Labute approximate surface area is 109 Å². The lowest BCUT2D eigenvalue weighted by atomic mass is 10.1. The van der Waals surface area contributed by atoms with Gasteiger partial charge in [0.05, 0.1) is 19.1 Å². The molecule has 2 heterocycles. The molecule has 104 valence electrons. The molecule has 5 heteroatoms. The summed E-state index contributed by atoms with van der Waals surface area (Å²) in [5, 5.41) is 6.26. The van der Waals surface area contributed by atoms with Crippen molar-refractivity contribution in [3.63, 3.8) is 0 Å². The number of ether oxygens (including phenoxy) is 1. The van der Waals surface area contributed by atoms with E-state index in [1.165, 1.54) is 0 Å². The molecule has 2 fully saturated rings. The highest BCUT2D eigenvalue weighted by atomic mass is 16.5. The van der Waals surface area contributed by atoms with Crippen LogP contribution in [0.3, 0.4) is 0 Å². The van der Waals surface area contributed by atoms with E-state index in [1.54, 1.807) is 0 Å². The molecule has 1 amide bonds. The molecule has 2 aliphatic rings. The standard InChI is InChI=1S/C13H25N3O2/c17-13(12-3-5-14-11-12)15-4-1-2-6-16-7-9-18-10-8-16/h12,14H,1-11H2,(H,15,17). The molecule has 18 heavy (non-hydrogen) atoms. The Morgan fingerprint density at radius 1 is 1.33 bits per heavy atom. The van der Waals surface area contributed by atoms with Crippen LogP contribution in [0.1, 0.15) is 19.3 Å². The molecule has 1 unspecified atom stereocenters. The number of carbonyl (C=O) groups excluding carboxylic acids is 1. The molecule has 2 rings (SSSR count). The minimum atomic E-state index is 0.198. The first-order valence-electron chi connectivity index (χ1n) is 7.15. The molecular formula is C13H25N3O2. The van der Waals surface area contributed by atoms with Crippen LogP contribution in [-0.2, 0) is 9.53 Å². The number of amides is 1. The van der Waals surface area contributed by atoms with E-state index < -0.39 is 0 Å². The van der Waals surface area contributed by atoms with E-state index in [-0.39, 0.29) is 11.8 Å². The summed E-state index contributed by atoms with van der Waals surface area (Å²) in [7, 11) is 0. The second-order valence-corrected chi connectivity index (χ2v) is 5.14. The van der Waals surface area contributed by atoms with Gasteiger partial charge in [0.25, 0.3) is 0 Å². The molecule has 1 atom stereocenters. The van der Waals surface area contributed by atoms with Crippen LogP contribution < -0.4 is 10.6 Å². The maximum absolute atomic E-state index is 11.7. The van der Waals surface area contributed by atoms with Gasteiger partial charge in [-0.25, -0.2) is 0 Å². The maximum atomic E-state index is 11.7. The number of nitrogens with one attached hydrogen (secondary N) is 2. The van der Waals surface area contributed by atoms with E-state index in [0.29, 0.717) is 0 Å². The number of hydrogen-bond donors (Lipinski definition) is 2. The Kier molecular flexibility index (Phi) is 5.90. The zero-order chi connectivity index (χ0) is 12.6. The smallest absolute Gasteiger partial charge is 0.224 e. The highest BCUT2D eigenvalue weighted by Gasteiger charge is 2.21. The van der Waals surface area contributed by atoms with Crippen molar-refractivity contribution < 1.29 is 9.53 Å². The van der Waals surface area contributed by atoms with Crippen LogP contribution in [0.2, 0.25) is 0 Å². The largest absolute Gasteiger partial charge is 0.379 e. The minimum absolute atomic E-state index is 0.198. The Morgan fingerprint density at radius 3 is 2.89 bits per heavy atom. The summed E-state index contributed by atoms with van der Waals surface area (Å²) in [4.78, 5) is 14.2. The van der Waals surface area contributed by atoms with Crippen molar-refractivity contribution in [3.05, 3.63) is 0 Å². The van der Waals surface area contributed by atoms with Gasteiger partial charge < -0.3 is 15.4 Å².